The van der Waals surface area contributed by atoms with Crippen LogP contribution in [0.1, 0.15) is 67.3 Å². The topological polar surface area (TPSA) is 52.6 Å². The Morgan fingerprint density at radius 1 is 0.542 bits per heavy atom. The number of carbonyl (C=O) groups is 2. The largest absolute Gasteiger partial charge is 0.462 e. The maximum Gasteiger partial charge on any atom is 0.453 e. The predicted octanol–water partition coefficient (Wildman–Crippen LogP) is 16.4. The molecule has 10 rings (SSSR count). The van der Waals surface area contributed by atoms with Crippen molar-refractivity contribution in [2.75, 3.05) is 13.2 Å². The lowest BCUT2D eigenvalue weighted by atomic mass is 9.71. The van der Waals surface area contributed by atoms with Gasteiger partial charge >= 0.3 is 24.0 Å². The summed E-state index contributed by atoms with van der Waals surface area (Å²) in [6.45, 7) is 19.6. The lowest BCUT2D eigenvalue weighted by molar-refractivity contribution is -0.281. The minimum Gasteiger partial charge on any atom is -0.462 e. The average Bonchev–Trinajstić information content (AvgIpc) is 3.80. The molecule has 8 aromatic rings. The molecule has 0 amide bonds. The monoisotopic (exact) mass is 966 g/mol. The zero-order valence-corrected chi connectivity index (χ0v) is 40.1. The summed E-state index contributed by atoms with van der Waals surface area (Å²) in [5.41, 5.74) is 11.4. The Hall–Kier alpha value is -7.65. The summed E-state index contributed by atoms with van der Waals surface area (Å²) in [6.07, 6.45) is -1.08. The molecule has 0 saturated carbocycles. The van der Waals surface area contributed by atoms with E-state index in [1.54, 1.807) is 13.8 Å². The zero-order valence-electron chi connectivity index (χ0n) is 40.1. The van der Waals surface area contributed by atoms with Crippen LogP contribution < -0.4 is 0 Å². The average molecular weight is 967 g/mol. The summed E-state index contributed by atoms with van der Waals surface area (Å²) in [7, 11) is 0. The number of halogens is 5. The van der Waals surface area contributed by atoms with Crippen molar-refractivity contribution < 1.29 is 41.0 Å². The molecule has 362 valence electrons. The van der Waals surface area contributed by atoms with E-state index >= 15 is 0 Å². The Kier molecular flexibility index (Phi) is 11.9. The van der Waals surface area contributed by atoms with Crippen molar-refractivity contribution in [1.29, 1.82) is 0 Å². The van der Waals surface area contributed by atoms with Crippen LogP contribution >= 0.6 is 0 Å². The van der Waals surface area contributed by atoms with E-state index in [9.17, 15) is 31.5 Å². The highest BCUT2D eigenvalue weighted by Gasteiger charge is 2.57. The highest BCUT2D eigenvalue weighted by molar-refractivity contribution is 6.28. The van der Waals surface area contributed by atoms with Gasteiger partial charge in [-0.2, -0.15) is 22.0 Å². The van der Waals surface area contributed by atoms with Crippen LogP contribution in [-0.4, -0.2) is 37.3 Å². The second-order valence-electron chi connectivity index (χ2n) is 19.4. The van der Waals surface area contributed by atoms with E-state index in [2.05, 4.69) is 93.0 Å². The van der Waals surface area contributed by atoms with E-state index in [-0.39, 0.29) is 18.8 Å². The molecule has 0 spiro atoms. The van der Waals surface area contributed by atoms with Crippen LogP contribution in [-0.2, 0) is 36.3 Å². The summed E-state index contributed by atoms with van der Waals surface area (Å²) in [5, 5.41) is 4.46. The van der Waals surface area contributed by atoms with E-state index < -0.39 is 41.3 Å². The summed E-state index contributed by atoms with van der Waals surface area (Å²) in [6, 6.07) is 42.0. The Bertz CT molecular complexity index is 3520. The van der Waals surface area contributed by atoms with Gasteiger partial charge in [-0.05, 0) is 162 Å². The minimum atomic E-state index is -5.70. The van der Waals surface area contributed by atoms with Gasteiger partial charge < -0.3 is 9.47 Å². The van der Waals surface area contributed by atoms with Gasteiger partial charge in [0.1, 0.15) is 0 Å². The Labute approximate surface area is 415 Å². The first-order valence-electron chi connectivity index (χ1n) is 24.0. The van der Waals surface area contributed by atoms with Gasteiger partial charge in [0.25, 0.3) is 0 Å². The maximum atomic E-state index is 14.6. The Morgan fingerprint density at radius 3 is 1.53 bits per heavy atom. The molecule has 0 atom stereocenters. The van der Waals surface area contributed by atoms with Crippen molar-refractivity contribution in [3.63, 3.8) is 0 Å². The molecule has 0 heterocycles. The molecule has 8 aromatic carbocycles. The lowest BCUT2D eigenvalue weighted by Crippen LogP contribution is -2.38. The fraction of sp³-hybridized carbons (Fsp3) is 0.206. The summed E-state index contributed by atoms with van der Waals surface area (Å²) in [4.78, 5) is 25.1. The van der Waals surface area contributed by atoms with Crippen LogP contribution in [0.25, 0.3) is 76.8 Å². The van der Waals surface area contributed by atoms with Gasteiger partial charge in [0, 0.05) is 23.0 Å². The first-order valence-corrected chi connectivity index (χ1v) is 24.0. The molecule has 0 radical (unpaired) electrons. The van der Waals surface area contributed by atoms with E-state index in [4.69, 9.17) is 9.47 Å². The number of carbonyl (C=O) groups excluding carboxylic acids is 2. The molecule has 4 nitrogen and oxygen atoms in total. The number of alkyl halides is 5. The Balaban J connectivity index is 1.19. The molecule has 0 aliphatic heterocycles. The number of hydrogen-bond donors (Lipinski definition) is 0. The van der Waals surface area contributed by atoms with Crippen molar-refractivity contribution in [2.45, 2.75) is 68.9 Å². The molecule has 9 heteroatoms. The van der Waals surface area contributed by atoms with Gasteiger partial charge in [0.05, 0.1) is 18.6 Å². The molecule has 0 N–H and O–H groups in total. The highest BCUT2D eigenvalue weighted by atomic mass is 19.4. The van der Waals surface area contributed by atoms with Crippen LogP contribution in [0.4, 0.5) is 22.0 Å². The van der Waals surface area contributed by atoms with Crippen LogP contribution in [0.15, 0.2) is 177 Å². The van der Waals surface area contributed by atoms with Gasteiger partial charge in [-0.1, -0.05) is 135 Å². The molecule has 72 heavy (non-hydrogen) atoms. The number of rotatable bonds is 16. The number of fused-ring (bicyclic) bond motifs is 6. The van der Waals surface area contributed by atoms with Crippen molar-refractivity contribution in [1.82, 2.24) is 0 Å². The fourth-order valence-corrected chi connectivity index (χ4v) is 11.6. The molecule has 0 fully saturated rings. The molecule has 2 aliphatic carbocycles. The normalized spacial score (nSPS) is 14.2. The summed E-state index contributed by atoms with van der Waals surface area (Å²) < 4.78 is 81.1. The van der Waals surface area contributed by atoms with Crippen LogP contribution in [0.2, 0.25) is 0 Å². The molecule has 0 unspecified atom stereocenters. The van der Waals surface area contributed by atoms with Gasteiger partial charge in [-0.15, -0.1) is 13.2 Å². The number of esters is 2. The van der Waals surface area contributed by atoms with E-state index in [1.165, 1.54) is 12.1 Å². The number of ether oxygens (including phenoxy) is 2. The van der Waals surface area contributed by atoms with E-state index in [0.29, 0.717) is 47.6 Å². The lowest BCUT2D eigenvalue weighted by Gasteiger charge is -2.33. The molecule has 0 saturated heterocycles. The SMILES string of the molecule is C=CC1(C=C)c2ccccc2-c2ccc(-c3cc(-c4ccc5c(c4)C(CCCOC(=O)C(=C)C)(CCCOC(=O)C(=C)C)c4ccccc4-5)c4ccc5cc(CC(F)(F)C(F)(F)F)cc6ccc3c4c65)cc21. The van der Waals surface area contributed by atoms with Crippen LogP contribution in [0, 0.1) is 0 Å². The fourth-order valence-electron chi connectivity index (χ4n) is 11.6. The summed E-state index contributed by atoms with van der Waals surface area (Å²) in [5.74, 6) is -5.84. The smallest absolute Gasteiger partial charge is 0.453 e. The van der Waals surface area contributed by atoms with Crippen molar-refractivity contribution in [2.24, 2.45) is 0 Å². The first kappa shape index (κ1) is 48.0. The second-order valence-corrected chi connectivity index (χ2v) is 19.4. The van der Waals surface area contributed by atoms with Crippen LogP contribution in [0.3, 0.4) is 0 Å². The van der Waals surface area contributed by atoms with E-state index in [0.717, 1.165) is 88.3 Å². The molecule has 0 bridgehead atoms. The third kappa shape index (κ3) is 7.72. The van der Waals surface area contributed by atoms with E-state index in [1.807, 2.05) is 60.7 Å². The molecule has 0 aromatic heterocycles. The highest BCUT2D eigenvalue weighted by Crippen LogP contribution is 2.56. The number of benzene rings is 8. The van der Waals surface area contributed by atoms with Crippen molar-refractivity contribution in [3.8, 4) is 44.5 Å². The molecular weight excluding hydrogens is 916 g/mol. The molecule has 2 aliphatic rings. The second kappa shape index (κ2) is 17.9. The summed E-state index contributed by atoms with van der Waals surface area (Å²) >= 11 is 0. The Morgan fingerprint density at radius 2 is 1.01 bits per heavy atom. The predicted molar refractivity (Wildman–Crippen MR) is 279 cm³/mol. The quantitative estimate of drug-likeness (QED) is 0.0242. The standard InChI is InChI=1S/C63H51F5O4/c1-7-60(8-2)52-17-11-9-15-44(52)46-23-19-40(33-54(46)60)50-35-51(49-26-22-43-32-39(36-62(64,65)63(66,67)68)31-42-21-25-48(50)57(49)56(42)43)41-20-24-47-45-16-10-12-18-53(45)61(55(47)34-41,27-13-29-71-58(69)37(3)4)28-14-30-72-59(70)38(5)6/h7-12,15-26,31-35H,1-3,5,13-14,27-30,36H2,4,6H3. The number of allylic oxidation sites excluding steroid dienone is 2. The van der Waals surface area contributed by atoms with Crippen LogP contribution in [0.5, 0.6) is 0 Å². The minimum absolute atomic E-state index is 0.120. The van der Waals surface area contributed by atoms with Gasteiger partial charge in [0.2, 0.25) is 0 Å². The van der Waals surface area contributed by atoms with Gasteiger partial charge in [-0.25, -0.2) is 9.59 Å². The maximum absolute atomic E-state index is 14.6. The van der Waals surface area contributed by atoms with Gasteiger partial charge in [0.15, 0.2) is 0 Å². The molecular formula is C63H51F5O4. The third-order valence-electron chi connectivity index (χ3n) is 14.9. The van der Waals surface area contributed by atoms with Crippen molar-refractivity contribution in [3.05, 3.63) is 205 Å². The van der Waals surface area contributed by atoms with Crippen molar-refractivity contribution >= 4 is 44.3 Å². The third-order valence-corrected chi connectivity index (χ3v) is 14.9. The van der Waals surface area contributed by atoms with Gasteiger partial charge in [-0.3, -0.25) is 0 Å². The first-order chi connectivity index (χ1) is 34.4. The zero-order chi connectivity index (χ0) is 50.9. The number of hydrogen-bond acceptors (Lipinski definition) is 4.